The predicted molar refractivity (Wildman–Crippen MR) is 134 cm³/mol. The smallest absolute Gasteiger partial charge is 0.409 e. The zero-order valence-electron chi connectivity index (χ0n) is 20.2. The maximum atomic E-state index is 12.1. The van der Waals surface area contributed by atoms with Gasteiger partial charge in [-0.1, -0.05) is 25.5 Å². The number of amides is 3. The molecule has 36 heavy (non-hydrogen) atoms. The van der Waals surface area contributed by atoms with E-state index in [-0.39, 0.29) is 17.4 Å². The van der Waals surface area contributed by atoms with Crippen molar-refractivity contribution in [3.8, 4) is 17.5 Å². The molecule has 2 saturated heterocycles. The number of nitrogens with zero attached hydrogens (tertiary/aromatic N) is 3. The van der Waals surface area contributed by atoms with Crippen LogP contribution in [0.25, 0.3) is 6.08 Å². The highest BCUT2D eigenvalue weighted by Crippen LogP contribution is 2.30. The van der Waals surface area contributed by atoms with Gasteiger partial charge in [-0.15, -0.1) is 0 Å². The molecule has 10 nitrogen and oxygen atoms in total. The molecule has 0 bridgehead atoms. The predicted octanol–water partition coefficient (Wildman–Crippen LogP) is 4.68. The third-order valence-corrected chi connectivity index (χ3v) is 6.54. The van der Waals surface area contributed by atoms with Crippen LogP contribution < -0.4 is 14.8 Å². The van der Waals surface area contributed by atoms with Crippen molar-refractivity contribution in [2.75, 3.05) is 19.7 Å². The lowest BCUT2D eigenvalue weighted by Crippen LogP contribution is -2.42. The molecule has 2 fully saturated rings. The van der Waals surface area contributed by atoms with E-state index in [1.807, 2.05) is 6.92 Å². The van der Waals surface area contributed by atoms with Crippen LogP contribution in [0, 0.1) is 6.92 Å². The van der Waals surface area contributed by atoms with Crippen LogP contribution in [-0.2, 0) is 9.53 Å². The van der Waals surface area contributed by atoms with E-state index in [4.69, 9.17) is 14.2 Å². The van der Waals surface area contributed by atoms with E-state index in [1.165, 1.54) is 6.33 Å². The molecule has 11 heteroatoms. The Morgan fingerprint density at radius 1 is 1.17 bits per heavy atom. The number of aromatic nitrogens is 2. The number of nitrogens with one attached hydrogen (secondary N) is 1. The average molecular weight is 513 g/mol. The monoisotopic (exact) mass is 512 g/mol. The largest absolute Gasteiger partial charge is 0.474 e. The number of hydrogen-bond donors (Lipinski definition) is 1. The van der Waals surface area contributed by atoms with Crippen LogP contribution in [0.15, 0.2) is 35.5 Å². The van der Waals surface area contributed by atoms with Gasteiger partial charge in [0, 0.05) is 25.9 Å². The summed E-state index contributed by atoms with van der Waals surface area (Å²) >= 11 is 0.872. The van der Waals surface area contributed by atoms with Crippen molar-refractivity contribution in [1.29, 1.82) is 0 Å². The van der Waals surface area contributed by atoms with Crippen molar-refractivity contribution in [3.63, 3.8) is 0 Å². The van der Waals surface area contributed by atoms with Gasteiger partial charge < -0.3 is 19.1 Å². The van der Waals surface area contributed by atoms with Crippen molar-refractivity contribution < 1.29 is 28.6 Å². The number of benzene rings is 1. The third-order valence-electron chi connectivity index (χ3n) is 5.73. The molecule has 0 atom stereocenters. The summed E-state index contributed by atoms with van der Waals surface area (Å²) in [7, 11) is 0. The van der Waals surface area contributed by atoms with Crippen LogP contribution in [0.1, 0.15) is 43.7 Å². The summed E-state index contributed by atoms with van der Waals surface area (Å²) in [5.74, 6) is 0.977. The first kappa shape index (κ1) is 25.5. The van der Waals surface area contributed by atoms with Crippen LogP contribution in [-0.4, -0.2) is 57.9 Å². The van der Waals surface area contributed by atoms with Crippen LogP contribution in [0.2, 0.25) is 0 Å². The highest BCUT2D eigenvalue weighted by molar-refractivity contribution is 8.18. The minimum absolute atomic E-state index is 0.0731. The second-order valence-corrected chi connectivity index (χ2v) is 9.42. The van der Waals surface area contributed by atoms with Crippen molar-refractivity contribution in [1.82, 2.24) is 20.2 Å². The van der Waals surface area contributed by atoms with E-state index in [0.29, 0.717) is 60.5 Å². The zero-order valence-corrected chi connectivity index (χ0v) is 21.0. The number of likely N-dealkylation sites (tertiary alicyclic amines) is 1. The Balaban J connectivity index is 1.33. The molecule has 1 aromatic carbocycles. The van der Waals surface area contributed by atoms with E-state index in [2.05, 4.69) is 22.2 Å². The SMILES string of the molecule is CCCCOC(=O)N1CCC(Oc2ncnc(Oc3ccc(C=C4SC(=O)NC4=O)cc3)c2C)CC1. The minimum atomic E-state index is -0.396. The molecular formula is C25H28N4O6S. The molecule has 1 aromatic heterocycles. The van der Waals surface area contributed by atoms with Gasteiger partial charge in [0.15, 0.2) is 0 Å². The number of carbonyl (C=O) groups excluding carboxylic acids is 3. The molecule has 0 spiro atoms. The summed E-state index contributed by atoms with van der Waals surface area (Å²) in [6, 6.07) is 7.08. The molecule has 0 aliphatic carbocycles. The van der Waals surface area contributed by atoms with Crippen LogP contribution in [0.5, 0.6) is 17.5 Å². The van der Waals surface area contributed by atoms with Gasteiger partial charge in [-0.2, -0.15) is 0 Å². The molecule has 1 N–H and O–H groups in total. The lowest BCUT2D eigenvalue weighted by atomic mass is 10.1. The summed E-state index contributed by atoms with van der Waals surface area (Å²) in [6.45, 7) is 5.48. The number of thioether (sulfide) groups is 1. The molecule has 2 aliphatic heterocycles. The lowest BCUT2D eigenvalue weighted by Gasteiger charge is -2.31. The van der Waals surface area contributed by atoms with Gasteiger partial charge in [-0.05, 0) is 48.9 Å². The van der Waals surface area contributed by atoms with E-state index >= 15 is 0 Å². The van der Waals surface area contributed by atoms with Crippen molar-refractivity contribution in [2.24, 2.45) is 0 Å². The molecule has 0 saturated carbocycles. The standard InChI is InChI=1S/C25H28N4O6S/c1-3-4-13-33-25(32)29-11-9-19(10-12-29)35-23-16(2)22(26-15-27-23)34-18-7-5-17(6-8-18)14-20-21(30)28-24(31)36-20/h5-8,14-15,19H,3-4,9-13H2,1-2H3,(H,28,30,31). The number of ether oxygens (including phenoxy) is 3. The van der Waals surface area contributed by atoms with Gasteiger partial charge in [0.25, 0.3) is 11.1 Å². The maximum Gasteiger partial charge on any atom is 0.409 e. The van der Waals surface area contributed by atoms with Gasteiger partial charge in [0.2, 0.25) is 11.8 Å². The molecule has 3 heterocycles. The quantitative estimate of drug-likeness (QED) is 0.397. The Bertz CT molecular complexity index is 1150. The number of carbonyl (C=O) groups is 3. The van der Waals surface area contributed by atoms with Crippen molar-refractivity contribution >= 4 is 35.1 Å². The first-order chi connectivity index (χ1) is 17.4. The van der Waals surface area contributed by atoms with E-state index in [9.17, 15) is 14.4 Å². The molecule has 4 rings (SSSR count). The highest BCUT2D eigenvalue weighted by atomic mass is 32.2. The molecule has 3 amide bonds. The summed E-state index contributed by atoms with van der Waals surface area (Å²) < 4.78 is 17.3. The van der Waals surface area contributed by atoms with Gasteiger partial charge in [0.1, 0.15) is 18.2 Å². The number of unbranched alkanes of at least 4 members (excludes halogenated alkanes) is 1. The van der Waals surface area contributed by atoms with Crippen molar-refractivity contribution in [3.05, 3.63) is 46.6 Å². The van der Waals surface area contributed by atoms with Gasteiger partial charge in [-0.25, -0.2) is 14.8 Å². The second kappa shape index (κ2) is 11.9. The first-order valence-corrected chi connectivity index (χ1v) is 12.7. The Labute approximate surface area is 213 Å². The third kappa shape index (κ3) is 6.54. The Hall–Kier alpha value is -3.60. The molecule has 2 aliphatic rings. The van der Waals surface area contributed by atoms with Gasteiger partial charge in [-0.3, -0.25) is 14.9 Å². The molecule has 0 radical (unpaired) electrons. The van der Waals surface area contributed by atoms with Crippen LogP contribution >= 0.6 is 11.8 Å². The normalized spacial score (nSPS) is 17.3. The first-order valence-electron chi connectivity index (χ1n) is 11.9. The minimum Gasteiger partial charge on any atom is -0.474 e. The topological polar surface area (TPSA) is 120 Å². The van der Waals surface area contributed by atoms with Crippen molar-refractivity contribution in [2.45, 2.75) is 45.6 Å². The molecule has 190 valence electrons. The highest BCUT2D eigenvalue weighted by Gasteiger charge is 2.26. The van der Waals surface area contributed by atoms with E-state index < -0.39 is 5.91 Å². The van der Waals surface area contributed by atoms with E-state index in [0.717, 1.165) is 30.2 Å². The van der Waals surface area contributed by atoms with E-state index in [1.54, 1.807) is 35.2 Å². The number of piperidine rings is 1. The lowest BCUT2D eigenvalue weighted by molar-refractivity contribution is -0.115. The Morgan fingerprint density at radius 2 is 1.89 bits per heavy atom. The zero-order chi connectivity index (χ0) is 25.5. The van der Waals surface area contributed by atoms with Gasteiger partial charge in [0.05, 0.1) is 17.1 Å². The number of imide groups is 1. The fourth-order valence-electron chi connectivity index (χ4n) is 3.67. The second-order valence-electron chi connectivity index (χ2n) is 8.40. The Morgan fingerprint density at radius 3 is 2.56 bits per heavy atom. The Kier molecular flexibility index (Phi) is 8.42. The number of hydrogen-bond acceptors (Lipinski definition) is 9. The maximum absolute atomic E-state index is 12.1. The average Bonchev–Trinajstić information content (AvgIpc) is 3.19. The molecular weight excluding hydrogens is 484 g/mol. The fraction of sp³-hybridized carbons (Fsp3) is 0.400. The van der Waals surface area contributed by atoms with Crippen LogP contribution in [0.3, 0.4) is 0 Å². The summed E-state index contributed by atoms with van der Waals surface area (Å²) in [5.41, 5.74) is 1.43. The summed E-state index contributed by atoms with van der Waals surface area (Å²) in [6.07, 6.45) is 5.91. The number of rotatable bonds is 8. The van der Waals surface area contributed by atoms with Gasteiger partial charge >= 0.3 is 6.09 Å². The fourth-order valence-corrected chi connectivity index (χ4v) is 4.35. The molecule has 2 aromatic rings. The molecule has 0 unspecified atom stereocenters. The summed E-state index contributed by atoms with van der Waals surface area (Å²) in [4.78, 5) is 45.7. The van der Waals surface area contributed by atoms with Crippen LogP contribution in [0.4, 0.5) is 9.59 Å². The summed E-state index contributed by atoms with van der Waals surface area (Å²) in [5, 5.41) is 1.86.